The van der Waals surface area contributed by atoms with Gasteiger partial charge in [-0.25, -0.2) is 18.3 Å². The largest absolute Gasteiger partial charge is 0.419 e. The molecule has 15 heteroatoms. The maximum atomic E-state index is 14.2. The van der Waals surface area contributed by atoms with E-state index in [0.29, 0.717) is 0 Å². The lowest BCUT2D eigenvalue weighted by atomic mass is 9.98. The number of carbonyl (C=O) groups is 2. The molecule has 8 nitrogen and oxygen atoms in total. The van der Waals surface area contributed by atoms with Gasteiger partial charge in [-0.15, -0.1) is 0 Å². The van der Waals surface area contributed by atoms with Gasteiger partial charge in [-0.05, 0) is 57.5 Å². The van der Waals surface area contributed by atoms with E-state index < -0.39 is 62.8 Å². The first-order chi connectivity index (χ1) is 20.1. The monoisotopic (exact) mass is 645 g/mol. The molecule has 0 saturated heterocycles. The van der Waals surface area contributed by atoms with Gasteiger partial charge in [0.05, 0.1) is 39.1 Å². The second-order valence-electron chi connectivity index (χ2n) is 10.2. The van der Waals surface area contributed by atoms with Crippen LogP contribution >= 0.6 is 23.2 Å². The number of alkyl halides is 5. The van der Waals surface area contributed by atoms with Gasteiger partial charge >= 0.3 is 6.18 Å². The highest BCUT2D eigenvalue weighted by molar-refractivity contribution is 6.38. The maximum absolute atomic E-state index is 14.2. The summed E-state index contributed by atoms with van der Waals surface area (Å²) < 4.78 is 70.2. The van der Waals surface area contributed by atoms with E-state index in [9.17, 15) is 36.3 Å². The normalized spacial score (nSPS) is 15.1. The molecule has 0 unspecified atom stereocenters. The Morgan fingerprint density at radius 3 is 2.37 bits per heavy atom. The van der Waals surface area contributed by atoms with Gasteiger partial charge in [-0.1, -0.05) is 23.2 Å². The lowest BCUT2D eigenvalue weighted by molar-refractivity contribution is -0.137. The summed E-state index contributed by atoms with van der Waals surface area (Å²) in [5.74, 6) is -1.52. The van der Waals surface area contributed by atoms with Crippen molar-refractivity contribution in [3.63, 3.8) is 0 Å². The molecule has 3 aromatic rings. The van der Waals surface area contributed by atoms with Gasteiger partial charge in [0.1, 0.15) is 0 Å². The number of rotatable bonds is 6. The number of benzene rings is 2. The summed E-state index contributed by atoms with van der Waals surface area (Å²) in [5, 5.41) is 3.81. The highest BCUT2D eigenvalue weighted by Crippen LogP contribution is 2.42. The summed E-state index contributed by atoms with van der Waals surface area (Å²) in [5.41, 5.74) is -2.96. The third-order valence-corrected chi connectivity index (χ3v) is 7.60. The Balaban J connectivity index is 1.85. The van der Waals surface area contributed by atoms with Gasteiger partial charge in [0.15, 0.2) is 0 Å². The van der Waals surface area contributed by atoms with E-state index in [1.807, 2.05) is 0 Å². The summed E-state index contributed by atoms with van der Waals surface area (Å²) in [6.45, 7) is 4.78. The predicted molar refractivity (Wildman–Crippen MR) is 151 cm³/mol. The van der Waals surface area contributed by atoms with E-state index in [1.165, 1.54) is 24.1 Å². The van der Waals surface area contributed by atoms with Crippen molar-refractivity contribution in [2.24, 2.45) is 0 Å². The van der Waals surface area contributed by atoms with Crippen LogP contribution < -0.4 is 16.2 Å². The quantitative estimate of drug-likeness (QED) is 0.309. The zero-order valence-electron chi connectivity index (χ0n) is 23.2. The van der Waals surface area contributed by atoms with Crippen molar-refractivity contribution in [1.29, 1.82) is 0 Å². The lowest BCUT2D eigenvalue weighted by Crippen LogP contribution is -2.46. The number of nitrogens with one attached hydrogen (secondary N) is 2. The van der Waals surface area contributed by atoms with Crippen LogP contribution in [0, 0.1) is 0 Å². The van der Waals surface area contributed by atoms with Crippen LogP contribution in [0.4, 0.5) is 27.9 Å². The number of anilines is 1. The summed E-state index contributed by atoms with van der Waals surface area (Å²) in [7, 11) is 1.35. The molecular formula is C28H26Cl2F5N5O3. The van der Waals surface area contributed by atoms with Crippen molar-refractivity contribution in [3.05, 3.63) is 84.2 Å². The summed E-state index contributed by atoms with van der Waals surface area (Å²) >= 11 is 11.7. The number of amides is 2. The number of fused-ring (bicyclic) bond motifs is 1. The molecular weight excluding hydrogens is 620 g/mol. The van der Waals surface area contributed by atoms with Gasteiger partial charge in [-0.2, -0.15) is 13.2 Å². The van der Waals surface area contributed by atoms with Gasteiger partial charge in [0.25, 0.3) is 23.8 Å². The number of nitrogens with zero attached hydrogens (tertiary/aromatic N) is 3. The molecule has 0 aliphatic carbocycles. The molecule has 230 valence electrons. The predicted octanol–water partition coefficient (Wildman–Crippen LogP) is 6.26. The third-order valence-electron chi connectivity index (χ3n) is 6.89. The zero-order chi connectivity index (χ0) is 32.0. The molecule has 2 amide bonds. The van der Waals surface area contributed by atoms with Crippen molar-refractivity contribution in [2.45, 2.75) is 58.4 Å². The van der Waals surface area contributed by atoms with E-state index in [4.69, 9.17) is 23.2 Å². The molecule has 1 aliphatic heterocycles. The summed E-state index contributed by atoms with van der Waals surface area (Å²) in [4.78, 5) is 45.2. The van der Waals surface area contributed by atoms with Crippen LogP contribution in [-0.2, 0) is 19.1 Å². The molecule has 0 bridgehead atoms. The van der Waals surface area contributed by atoms with Gasteiger partial charge in [-0.3, -0.25) is 14.4 Å². The van der Waals surface area contributed by atoms with Crippen LogP contribution in [0.3, 0.4) is 0 Å². The first-order valence-electron chi connectivity index (χ1n) is 13.0. The Labute approximate surface area is 252 Å². The van der Waals surface area contributed by atoms with Gasteiger partial charge < -0.3 is 15.5 Å². The third kappa shape index (κ3) is 6.19. The standard InChI is InChI=1S/C28H26Cl2F5N5O3/c1-12(2)37-27-38-19-11-39(25(42)15-6-7-18(29)21(22(15)30)28(33,34)35)13(3)9-16(19)26(43)40(27)20-8-5-14(24(41)36-4)10-17(20)23(31)32/h5-8,10,12-13,23H,9,11H2,1-4H3,(H,36,41)(H,37,38)/t13-/m1/s1. The highest BCUT2D eigenvalue weighted by Gasteiger charge is 2.39. The van der Waals surface area contributed by atoms with E-state index in [1.54, 1.807) is 20.8 Å². The van der Waals surface area contributed by atoms with E-state index in [-0.39, 0.29) is 47.5 Å². The Morgan fingerprint density at radius 1 is 1.12 bits per heavy atom. The average molecular weight is 646 g/mol. The lowest BCUT2D eigenvalue weighted by Gasteiger charge is -2.35. The maximum Gasteiger partial charge on any atom is 0.419 e. The van der Waals surface area contributed by atoms with Crippen LogP contribution in [0.2, 0.25) is 10.0 Å². The molecule has 2 N–H and O–H groups in total. The van der Waals surface area contributed by atoms with Crippen LogP contribution in [0.25, 0.3) is 5.69 Å². The smallest absolute Gasteiger partial charge is 0.355 e. The second kappa shape index (κ2) is 12.1. The topological polar surface area (TPSA) is 96.3 Å². The van der Waals surface area contributed by atoms with E-state index in [2.05, 4.69) is 15.6 Å². The summed E-state index contributed by atoms with van der Waals surface area (Å²) in [6, 6.07) is 4.54. The highest BCUT2D eigenvalue weighted by atomic mass is 35.5. The van der Waals surface area contributed by atoms with Crippen LogP contribution in [0.5, 0.6) is 0 Å². The molecule has 0 radical (unpaired) electrons. The molecule has 0 spiro atoms. The van der Waals surface area contributed by atoms with Crippen molar-refractivity contribution < 1.29 is 31.5 Å². The fourth-order valence-corrected chi connectivity index (χ4v) is 5.53. The van der Waals surface area contributed by atoms with Crippen molar-refractivity contribution in [2.75, 3.05) is 12.4 Å². The van der Waals surface area contributed by atoms with E-state index in [0.717, 1.165) is 22.8 Å². The summed E-state index contributed by atoms with van der Waals surface area (Å²) in [6.07, 6.45) is -8.04. The van der Waals surface area contributed by atoms with Gasteiger partial charge in [0.2, 0.25) is 5.95 Å². The SMILES string of the molecule is CNC(=O)c1ccc(-n2c(NC(C)C)nc3c(c2=O)C[C@@H](C)N(C(=O)c2ccc(Cl)c(C(F)(F)F)c2Cl)C3)c(C(F)F)c1. The second-order valence-corrected chi connectivity index (χ2v) is 11.0. The van der Waals surface area contributed by atoms with Crippen molar-refractivity contribution in [3.8, 4) is 5.69 Å². The van der Waals surface area contributed by atoms with E-state index >= 15 is 0 Å². The first-order valence-corrected chi connectivity index (χ1v) is 13.7. The number of hydrogen-bond donors (Lipinski definition) is 2. The van der Waals surface area contributed by atoms with Gasteiger partial charge in [0, 0.05) is 35.8 Å². The van der Waals surface area contributed by atoms with Crippen LogP contribution in [-0.4, -0.2) is 45.4 Å². The number of halogens is 7. The van der Waals surface area contributed by atoms with Crippen molar-refractivity contribution >= 4 is 41.0 Å². The minimum atomic E-state index is -4.91. The van der Waals surface area contributed by atoms with Crippen LogP contribution in [0.15, 0.2) is 35.1 Å². The first kappa shape index (κ1) is 32.2. The fraction of sp³-hybridized carbons (Fsp3) is 0.357. The zero-order valence-corrected chi connectivity index (χ0v) is 24.8. The fourth-order valence-electron chi connectivity index (χ4n) is 4.86. The minimum Gasteiger partial charge on any atom is -0.355 e. The number of carbonyl (C=O) groups excluding carboxylic acids is 2. The molecule has 0 fully saturated rings. The number of hydrogen-bond acceptors (Lipinski definition) is 5. The molecule has 4 rings (SSSR count). The Kier molecular flexibility index (Phi) is 9.08. The Bertz CT molecular complexity index is 1660. The molecule has 2 aromatic carbocycles. The minimum absolute atomic E-state index is 0.0313. The average Bonchev–Trinajstić information content (AvgIpc) is 2.91. The molecule has 1 aliphatic rings. The molecule has 1 atom stereocenters. The Morgan fingerprint density at radius 2 is 1.79 bits per heavy atom. The molecule has 0 saturated carbocycles. The molecule has 1 aromatic heterocycles. The van der Waals surface area contributed by atoms with Crippen LogP contribution in [0.1, 0.15) is 70.3 Å². The molecule has 43 heavy (non-hydrogen) atoms. The molecule has 2 heterocycles. The number of aromatic nitrogens is 2. The van der Waals surface area contributed by atoms with Crippen molar-refractivity contribution in [1.82, 2.24) is 19.8 Å². The Hall–Kier alpha value is -3.71.